The first-order valence-electron chi connectivity index (χ1n) is 18.4. The Bertz CT molecular complexity index is 2120. The van der Waals surface area contributed by atoms with Gasteiger partial charge in [0, 0.05) is 33.1 Å². The van der Waals surface area contributed by atoms with Crippen LogP contribution in [0.25, 0.3) is 33.1 Å². The van der Waals surface area contributed by atoms with E-state index >= 15 is 0 Å². The molecular formula is C42H46BrN3O6. The molecule has 1 aliphatic heterocycles. The lowest BCUT2D eigenvalue weighted by Gasteiger charge is -2.23. The van der Waals surface area contributed by atoms with Crippen LogP contribution in [0.4, 0.5) is 5.69 Å². The van der Waals surface area contributed by atoms with Crippen molar-refractivity contribution in [3.05, 3.63) is 87.5 Å². The Morgan fingerprint density at radius 2 is 1.31 bits per heavy atom. The highest BCUT2D eigenvalue weighted by atomic mass is 79.9. The van der Waals surface area contributed by atoms with Crippen LogP contribution in [0.15, 0.2) is 65.3 Å². The Morgan fingerprint density at radius 3 is 1.94 bits per heavy atom. The maximum Gasteiger partial charge on any atom is 0.337 e. The molecule has 2 fully saturated rings. The SMILES string of the molecule is COC(=O)c1ccc2c(C3CCCCC3)c(Br)[nH]c2c1.COC(=O)c1ccc2c(C3CCCCC3)c3n(c2c1)CC(C(=O)OC)Nc1ccccc1-3. The molecule has 2 saturated carbocycles. The quantitative estimate of drug-likeness (QED) is 0.135. The average Bonchev–Trinajstić information content (AvgIpc) is 3.63. The Balaban J connectivity index is 0.000000180. The highest BCUT2D eigenvalue weighted by Crippen LogP contribution is 2.47. The molecule has 9 nitrogen and oxygen atoms in total. The summed E-state index contributed by atoms with van der Waals surface area (Å²) in [5.41, 5.74) is 8.90. The number of halogens is 1. The Labute approximate surface area is 312 Å². The number of methoxy groups -OCH3 is 3. The van der Waals surface area contributed by atoms with E-state index < -0.39 is 6.04 Å². The Hall–Kier alpha value is -4.57. The van der Waals surface area contributed by atoms with Gasteiger partial charge in [-0.25, -0.2) is 14.4 Å². The molecule has 0 spiro atoms. The molecule has 0 bridgehead atoms. The molecule has 3 aliphatic rings. The van der Waals surface area contributed by atoms with E-state index in [9.17, 15) is 14.4 Å². The van der Waals surface area contributed by atoms with Crippen LogP contribution < -0.4 is 5.32 Å². The molecule has 2 aliphatic carbocycles. The van der Waals surface area contributed by atoms with Crippen LogP contribution in [0.5, 0.6) is 0 Å². The van der Waals surface area contributed by atoms with Gasteiger partial charge in [-0.1, -0.05) is 68.9 Å². The van der Waals surface area contributed by atoms with Crippen molar-refractivity contribution in [1.29, 1.82) is 0 Å². The summed E-state index contributed by atoms with van der Waals surface area (Å²) in [6.07, 6.45) is 12.5. The molecule has 272 valence electrons. The number of nitrogens with one attached hydrogen (secondary N) is 2. The van der Waals surface area contributed by atoms with Crippen LogP contribution in [-0.4, -0.2) is 54.8 Å². The summed E-state index contributed by atoms with van der Waals surface area (Å²) < 4.78 is 18.1. The average molecular weight is 769 g/mol. The van der Waals surface area contributed by atoms with E-state index in [0.29, 0.717) is 29.5 Å². The standard InChI is InChI=1S/C26H28N2O4.C16H18BrNO2/c1-31-25(29)17-12-13-19-22(14-17)28-15-21(26(30)32-2)27-20-11-7-6-10-18(20)24(28)23(19)16-8-4-3-5-9-16;1-20-16(19)11-7-8-12-13(9-11)18-15(17)14(12)10-5-3-2-4-6-10/h6-7,10-14,16,21,27H,3-5,8-9,15H2,1-2H3;7-10,18H,2-6H2,1H3. The van der Waals surface area contributed by atoms with Crippen molar-refractivity contribution in [1.82, 2.24) is 9.55 Å². The molecule has 52 heavy (non-hydrogen) atoms. The second-order valence-electron chi connectivity index (χ2n) is 14.1. The van der Waals surface area contributed by atoms with E-state index in [4.69, 9.17) is 14.2 Å². The molecule has 1 unspecified atom stereocenters. The summed E-state index contributed by atoms with van der Waals surface area (Å²) in [4.78, 5) is 39.9. The van der Waals surface area contributed by atoms with Gasteiger partial charge in [0.15, 0.2) is 0 Å². The molecule has 8 rings (SSSR count). The van der Waals surface area contributed by atoms with E-state index in [1.165, 1.54) is 89.2 Å². The second-order valence-corrected chi connectivity index (χ2v) is 14.9. The van der Waals surface area contributed by atoms with Gasteiger partial charge >= 0.3 is 17.9 Å². The summed E-state index contributed by atoms with van der Waals surface area (Å²) >= 11 is 3.65. The van der Waals surface area contributed by atoms with E-state index in [-0.39, 0.29) is 17.9 Å². The number of fused-ring (bicyclic) bond motifs is 6. The first kappa shape index (κ1) is 35.8. The summed E-state index contributed by atoms with van der Waals surface area (Å²) in [5, 5.41) is 5.77. The smallest absolute Gasteiger partial charge is 0.337 e. The number of para-hydroxylation sites is 1. The van der Waals surface area contributed by atoms with Crippen LogP contribution in [0.2, 0.25) is 0 Å². The predicted molar refractivity (Wildman–Crippen MR) is 207 cm³/mol. The zero-order chi connectivity index (χ0) is 36.4. The molecule has 1 atom stereocenters. The summed E-state index contributed by atoms with van der Waals surface area (Å²) in [7, 11) is 4.22. The minimum absolute atomic E-state index is 0.295. The molecule has 3 aromatic carbocycles. The van der Waals surface area contributed by atoms with E-state index in [0.717, 1.165) is 50.8 Å². The monoisotopic (exact) mass is 767 g/mol. The number of ether oxygens (including phenoxy) is 3. The fourth-order valence-electron chi connectivity index (χ4n) is 8.63. The highest BCUT2D eigenvalue weighted by Gasteiger charge is 2.33. The summed E-state index contributed by atoms with van der Waals surface area (Å²) in [5.74, 6) is 0.109. The van der Waals surface area contributed by atoms with Crippen molar-refractivity contribution in [3.8, 4) is 11.3 Å². The van der Waals surface area contributed by atoms with Crippen molar-refractivity contribution in [2.45, 2.75) is 88.6 Å². The Morgan fingerprint density at radius 1 is 0.712 bits per heavy atom. The maximum atomic E-state index is 12.6. The Kier molecular flexibility index (Phi) is 10.7. The van der Waals surface area contributed by atoms with Crippen molar-refractivity contribution in [2.75, 3.05) is 26.6 Å². The minimum atomic E-state index is -0.529. The van der Waals surface area contributed by atoms with E-state index in [1.54, 1.807) is 0 Å². The van der Waals surface area contributed by atoms with Gasteiger partial charge in [-0.2, -0.15) is 0 Å². The van der Waals surface area contributed by atoms with Crippen LogP contribution >= 0.6 is 15.9 Å². The van der Waals surface area contributed by atoms with Gasteiger partial charge < -0.3 is 29.1 Å². The summed E-state index contributed by atoms with van der Waals surface area (Å²) in [6.45, 7) is 0.421. The number of aromatic amines is 1. The first-order chi connectivity index (χ1) is 25.3. The van der Waals surface area contributed by atoms with Crippen LogP contribution in [-0.2, 0) is 25.5 Å². The summed E-state index contributed by atoms with van der Waals surface area (Å²) in [6, 6.07) is 19.2. The van der Waals surface area contributed by atoms with Gasteiger partial charge in [0.1, 0.15) is 6.04 Å². The lowest BCUT2D eigenvalue weighted by atomic mass is 9.81. The van der Waals surface area contributed by atoms with Crippen LogP contribution in [0, 0.1) is 0 Å². The zero-order valence-electron chi connectivity index (χ0n) is 30.1. The maximum absolute atomic E-state index is 12.6. The van der Waals surface area contributed by atoms with Crippen molar-refractivity contribution in [2.24, 2.45) is 0 Å². The molecular weight excluding hydrogens is 722 g/mol. The number of hydrogen-bond donors (Lipinski definition) is 2. The molecule has 5 aromatic rings. The van der Waals surface area contributed by atoms with Crippen LogP contribution in [0.3, 0.4) is 0 Å². The number of rotatable bonds is 5. The fourth-order valence-corrected chi connectivity index (χ4v) is 9.39. The fraction of sp³-hybridized carbons (Fsp3) is 0.405. The van der Waals surface area contributed by atoms with Crippen molar-refractivity contribution < 1.29 is 28.6 Å². The molecule has 10 heteroatoms. The number of H-pyrrole nitrogens is 1. The first-order valence-corrected chi connectivity index (χ1v) is 19.2. The van der Waals surface area contributed by atoms with Gasteiger partial charge in [-0.3, -0.25) is 0 Å². The number of aromatic nitrogens is 2. The minimum Gasteiger partial charge on any atom is -0.467 e. The second kappa shape index (κ2) is 15.6. The largest absolute Gasteiger partial charge is 0.467 e. The van der Waals surface area contributed by atoms with Gasteiger partial charge in [0.2, 0.25) is 0 Å². The van der Waals surface area contributed by atoms with Gasteiger partial charge in [-0.05, 0) is 94.9 Å². The molecule has 2 N–H and O–H groups in total. The molecule has 2 aromatic heterocycles. The lowest BCUT2D eigenvalue weighted by Crippen LogP contribution is -2.34. The van der Waals surface area contributed by atoms with Crippen molar-refractivity contribution >= 4 is 61.3 Å². The number of esters is 3. The zero-order valence-corrected chi connectivity index (χ0v) is 31.6. The van der Waals surface area contributed by atoms with Gasteiger partial charge in [-0.15, -0.1) is 0 Å². The molecule has 0 amide bonds. The molecule has 0 saturated heterocycles. The number of carbonyl (C=O) groups excluding carboxylic acids is 3. The number of hydrogen-bond acceptors (Lipinski definition) is 7. The van der Waals surface area contributed by atoms with E-state index in [2.05, 4.69) is 42.9 Å². The third-order valence-electron chi connectivity index (χ3n) is 11.1. The number of carbonyl (C=O) groups is 3. The topological polar surface area (TPSA) is 112 Å². The lowest BCUT2D eigenvalue weighted by molar-refractivity contribution is -0.141. The van der Waals surface area contributed by atoms with Gasteiger partial charge in [0.05, 0.1) is 49.3 Å². The van der Waals surface area contributed by atoms with Crippen molar-refractivity contribution in [3.63, 3.8) is 0 Å². The number of anilines is 1. The van der Waals surface area contributed by atoms with E-state index in [1.807, 2.05) is 48.5 Å². The molecule has 0 radical (unpaired) electrons. The number of benzene rings is 3. The third-order valence-corrected chi connectivity index (χ3v) is 11.8. The number of nitrogens with zero attached hydrogens (tertiary/aromatic N) is 1. The molecule has 3 heterocycles. The van der Waals surface area contributed by atoms with Gasteiger partial charge in [0.25, 0.3) is 0 Å². The van der Waals surface area contributed by atoms with Crippen LogP contribution in [0.1, 0.15) is 108 Å². The predicted octanol–water partition coefficient (Wildman–Crippen LogP) is 9.87. The normalized spacial score (nSPS) is 17.6. The third kappa shape index (κ3) is 6.85. The highest BCUT2D eigenvalue weighted by molar-refractivity contribution is 9.10.